The quantitative estimate of drug-likeness (QED) is 0.700. The van der Waals surface area contributed by atoms with Crippen molar-refractivity contribution in [2.75, 3.05) is 6.54 Å². The van der Waals surface area contributed by atoms with Crippen molar-refractivity contribution in [2.45, 2.75) is 33.7 Å². The Kier molecular flexibility index (Phi) is 6.45. The number of halogens is 1. The Morgan fingerprint density at radius 1 is 1.16 bits per heavy atom. The van der Waals surface area contributed by atoms with Crippen LogP contribution < -0.4 is 15.8 Å². The van der Waals surface area contributed by atoms with Gasteiger partial charge in [-0.3, -0.25) is 4.79 Å². The van der Waals surface area contributed by atoms with Crippen LogP contribution in [0.5, 0.6) is 11.5 Å². The number of hydrogen-bond donors (Lipinski definition) is 2. The van der Waals surface area contributed by atoms with E-state index >= 15 is 0 Å². The summed E-state index contributed by atoms with van der Waals surface area (Å²) in [5, 5.41) is 3.98. The summed E-state index contributed by atoms with van der Waals surface area (Å²) in [4.78, 5) is 11.1. The fourth-order valence-electron chi connectivity index (χ4n) is 2.25. The molecule has 134 valence electrons. The van der Waals surface area contributed by atoms with Gasteiger partial charge < -0.3 is 15.8 Å². The van der Waals surface area contributed by atoms with Crippen LogP contribution in [-0.4, -0.2) is 12.5 Å². The Hall–Kier alpha value is -2.04. The van der Waals surface area contributed by atoms with Gasteiger partial charge >= 0.3 is 0 Å². The third-order valence-electron chi connectivity index (χ3n) is 3.74. The van der Waals surface area contributed by atoms with E-state index in [0.29, 0.717) is 27.5 Å². The summed E-state index contributed by atoms with van der Waals surface area (Å²) >= 11 is 6.32. The number of carbonyl (C=O) groups is 1. The third kappa shape index (κ3) is 6.40. The molecule has 0 fully saturated rings. The predicted molar refractivity (Wildman–Crippen MR) is 102 cm³/mol. The van der Waals surface area contributed by atoms with Crippen LogP contribution >= 0.6 is 11.6 Å². The zero-order valence-electron chi connectivity index (χ0n) is 14.9. The average Bonchev–Trinajstić information content (AvgIpc) is 2.53. The van der Waals surface area contributed by atoms with E-state index < -0.39 is 5.91 Å². The Morgan fingerprint density at radius 3 is 2.40 bits per heavy atom. The number of ether oxygens (including phenoxy) is 1. The van der Waals surface area contributed by atoms with Crippen molar-refractivity contribution in [1.82, 2.24) is 5.32 Å². The first-order chi connectivity index (χ1) is 11.7. The Bertz CT molecular complexity index is 721. The van der Waals surface area contributed by atoms with Crippen LogP contribution in [-0.2, 0) is 6.54 Å². The molecule has 4 nitrogen and oxygen atoms in total. The van der Waals surface area contributed by atoms with E-state index in [1.807, 2.05) is 18.2 Å². The van der Waals surface area contributed by atoms with Gasteiger partial charge in [-0.25, -0.2) is 0 Å². The van der Waals surface area contributed by atoms with Gasteiger partial charge in [-0.05, 0) is 60.3 Å². The van der Waals surface area contributed by atoms with Crippen LogP contribution in [0, 0.1) is 5.41 Å². The highest BCUT2D eigenvalue weighted by molar-refractivity contribution is 6.32. The fraction of sp³-hybridized carbons (Fsp3) is 0.350. The highest BCUT2D eigenvalue weighted by Gasteiger charge is 2.09. The van der Waals surface area contributed by atoms with E-state index in [1.165, 1.54) is 0 Å². The molecule has 1 amide bonds. The number of nitrogens with one attached hydrogen (secondary N) is 1. The molecule has 0 atom stereocenters. The van der Waals surface area contributed by atoms with Crippen molar-refractivity contribution in [1.29, 1.82) is 0 Å². The van der Waals surface area contributed by atoms with Gasteiger partial charge in [0.15, 0.2) is 0 Å². The van der Waals surface area contributed by atoms with E-state index in [-0.39, 0.29) is 0 Å². The summed E-state index contributed by atoms with van der Waals surface area (Å²) in [6.07, 6.45) is 1.11. The van der Waals surface area contributed by atoms with E-state index in [0.717, 1.165) is 25.1 Å². The molecule has 0 aliphatic rings. The largest absolute Gasteiger partial charge is 0.456 e. The standard InChI is InChI=1S/C20H25ClN2O2/c1-20(2,3)10-11-23-13-14-4-9-18(17(21)12-14)25-16-7-5-15(6-8-16)19(22)24/h4-9,12,23H,10-11,13H2,1-3H3,(H2,22,24). The first kappa shape index (κ1) is 19.3. The average molecular weight is 361 g/mol. The molecule has 0 saturated heterocycles. The second-order valence-corrected chi connectivity index (χ2v) is 7.65. The zero-order chi connectivity index (χ0) is 18.4. The predicted octanol–water partition coefficient (Wildman–Crippen LogP) is 4.76. The summed E-state index contributed by atoms with van der Waals surface area (Å²) in [6, 6.07) is 12.4. The molecule has 5 heteroatoms. The highest BCUT2D eigenvalue weighted by Crippen LogP contribution is 2.30. The van der Waals surface area contributed by atoms with Gasteiger partial charge in [-0.1, -0.05) is 38.4 Å². The summed E-state index contributed by atoms with van der Waals surface area (Å²) < 4.78 is 5.76. The minimum Gasteiger partial charge on any atom is -0.456 e. The lowest BCUT2D eigenvalue weighted by Crippen LogP contribution is -2.20. The molecule has 3 N–H and O–H groups in total. The highest BCUT2D eigenvalue weighted by atomic mass is 35.5. The number of primary amides is 1. The maximum Gasteiger partial charge on any atom is 0.248 e. The number of hydrogen-bond acceptors (Lipinski definition) is 3. The molecule has 2 aromatic carbocycles. The molecule has 0 bridgehead atoms. The van der Waals surface area contributed by atoms with Gasteiger partial charge in [-0.15, -0.1) is 0 Å². The minimum absolute atomic E-state index is 0.326. The monoisotopic (exact) mass is 360 g/mol. The van der Waals surface area contributed by atoms with Crippen molar-refractivity contribution < 1.29 is 9.53 Å². The van der Waals surface area contributed by atoms with Gasteiger partial charge in [0.05, 0.1) is 5.02 Å². The Labute approximate surface area is 154 Å². The lowest BCUT2D eigenvalue weighted by atomic mass is 9.92. The molecule has 0 aromatic heterocycles. The summed E-state index contributed by atoms with van der Waals surface area (Å²) in [5.74, 6) is 0.711. The van der Waals surface area contributed by atoms with Crippen LogP contribution in [0.3, 0.4) is 0 Å². The van der Waals surface area contributed by atoms with Gasteiger partial charge in [0.1, 0.15) is 11.5 Å². The molecule has 0 heterocycles. The lowest BCUT2D eigenvalue weighted by Gasteiger charge is -2.18. The van der Waals surface area contributed by atoms with Crippen LogP contribution in [0.4, 0.5) is 0 Å². The molecule has 0 unspecified atom stereocenters. The van der Waals surface area contributed by atoms with Crippen molar-refractivity contribution in [2.24, 2.45) is 11.1 Å². The summed E-state index contributed by atoms with van der Waals surface area (Å²) in [5.41, 5.74) is 7.10. The second kappa shape index (κ2) is 8.37. The number of benzene rings is 2. The normalized spacial score (nSPS) is 11.4. The fourth-order valence-corrected chi connectivity index (χ4v) is 2.49. The van der Waals surface area contributed by atoms with E-state index in [9.17, 15) is 4.79 Å². The number of nitrogens with two attached hydrogens (primary N) is 1. The first-order valence-electron chi connectivity index (χ1n) is 8.31. The number of rotatable bonds is 7. The van der Waals surface area contributed by atoms with Crippen LogP contribution in [0.15, 0.2) is 42.5 Å². The third-order valence-corrected chi connectivity index (χ3v) is 4.04. The maximum absolute atomic E-state index is 11.1. The molecule has 0 radical (unpaired) electrons. The molecule has 0 spiro atoms. The Morgan fingerprint density at radius 2 is 1.84 bits per heavy atom. The second-order valence-electron chi connectivity index (χ2n) is 7.24. The molecular weight excluding hydrogens is 336 g/mol. The van der Waals surface area contributed by atoms with E-state index in [4.69, 9.17) is 22.1 Å². The minimum atomic E-state index is -0.465. The molecule has 2 aromatic rings. The van der Waals surface area contributed by atoms with E-state index in [2.05, 4.69) is 26.1 Å². The molecule has 25 heavy (non-hydrogen) atoms. The molecule has 2 rings (SSSR count). The molecule has 0 aliphatic heterocycles. The van der Waals surface area contributed by atoms with Crippen molar-refractivity contribution >= 4 is 17.5 Å². The zero-order valence-corrected chi connectivity index (χ0v) is 15.7. The van der Waals surface area contributed by atoms with Crippen LogP contribution in [0.2, 0.25) is 5.02 Å². The van der Waals surface area contributed by atoms with Crippen molar-refractivity contribution in [3.63, 3.8) is 0 Å². The van der Waals surface area contributed by atoms with Gasteiger partial charge in [0.2, 0.25) is 5.91 Å². The number of carbonyl (C=O) groups excluding carboxylic acids is 1. The number of amides is 1. The molecular formula is C20H25ClN2O2. The van der Waals surface area contributed by atoms with Crippen LogP contribution in [0.1, 0.15) is 43.1 Å². The first-order valence-corrected chi connectivity index (χ1v) is 8.69. The van der Waals surface area contributed by atoms with Crippen molar-refractivity contribution in [3.05, 3.63) is 58.6 Å². The molecule has 0 saturated carbocycles. The molecule has 0 aliphatic carbocycles. The lowest BCUT2D eigenvalue weighted by molar-refractivity contribution is 0.100. The summed E-state index contributed by atoms with van der Waals surface area (Å²) in [7, 11) is 0. The van der Waals surface area contributed by atoms with Crippen molar-refractivity contribution in [3.8, 4) is 11.5 Å². The Balaban J connectivity index is 1.93. The van der Waals surface area contributed by atoms with Crippen LogP contribution in [0.25, 0.3) is 0 Å². The summed E-state index contributed by atoms with van der Waals surface area (Å²) in [6.45, 7) is 8.42. The topological polar surface area (TPSA) is 64.3 Å². The van der Waals surface area contributed by atoms with E-state index in [1.54, 1.807) is 24.3 Å². The SMILES string of the molecule is CC(C)(C)CCNCc1ccc(Oc2ccc(C(N)=O)cc2)c(Cl)c1. The smallest absolute Gasteiger partial charge is 0.248 e. The van der Waals surface area contributed by atoms with Gasteiger partial charge in [0.25, 0.3) is 0 Å². The van der Waals surface area contributed by atoms with Gasteiger partial charge in [-0.2, -0.15) is 0 Å². The maximum atomic E-state index is 11.1. The van der Waals surface area contributed by atoms with Gasteiger partial charge in [0, 0.05) is 12.1 Å².